The molecule has 4 nitrogen and oxygen atoms in total. The van der Waals surface area contributed by atoms with Gasteiger partial charge in [-0.2, -0.15) is 5.10 Å². The molecule has 0 saturated carbocycles. The average Bonchev–Trinajstić information content (AvgIpc) is 2.64. The van der Waals surface area contributed by atoms with Gasteiger partial charge in [0.25, 0.3) is 0 Å². The standard InChI is InChI=1S/C11H20ClN3O/c1-9(4-5-13-2)11-10(12)8-14-15(11)6-7-16-3/h8-9,13H,4-7H2,1-3H3. The van der Waals surface area contributed by atoms with Crippen molar-refractivity contribution in [1.82, 2.24) is 15.1 Å². The van der Waals surface area contributed by atoms with Gasteiger partial charge in [-0.1, -0.05) is 18.5 Å². The van der Waals surface area contributed by atoms with Crippen LogP contribution in [0.1, 0.15) is 25.0 Å². The summed E-state index contributed by atoms with van der Waals surface area (Å²) in [4.78, 5) is 0. The molecule has 0 aromatic carbocycles. The van der Waals surface area contributed by atoms with Crippen LogP contribution in [0.2, 0.25) is 5.02 Å². The Labute approximate surface area is 102 Å². The Kier molecular flexibility index (Phi) is 5.80. The van der Waals surface area contributed by atoms with Crippen LogP contribution >= 0.6 is 11.6 Å². The van der Waals surface area contributed by atoms with Crippen LogP contribution in [0.25, 0.3) is 0 Å². The monoisotopic (exact) mass is 245 g/mol. The van der Waals surface area contributed by atoms with E-state index in [9.17, 15) is 0 Å². The minimum atomic E-state index is 0.402. The van der Waals surface area contributed by atoms with Gasteiger partial charge in [0.1, 0.15) is 0 Å². The molecule has 0 saturated heterocycles. The molecule has 0 radical (unpaired) electrons. The number of ether oxygens (including phenoxy) is 1. The zero-order valence-corrected chi connectivity index (χ0v) is 10.9. The minimum absolute atomic E-state index is 0.402. The van der Waals surface area contributed by atoms with Gasteiger partial charge in [0.2, 0.25) is 0 Å². The van der Waals surface area contributed by atoms with E-state index in [1.54, 1.807) is 13.3 Å². The summed E-state index contributed by atoms with van der Waals surface area (Å²) < 4.78 is 6.99. The number of nitrogens with one attached hydrogen (secondary N) is 1. The molecule has 1 atom stereocenters. The van der Waals surface area contributed by atoms with Crippen molar-refractivity contribution in [3.63, 3.8) is 0 Å². The van der Waals surface area contributed by atoms with E-state index in [-0.39, 0.29) is 0 Å². The van der Waals surface area contributed by atoms with E-state index in [4.69, 9.17) is 16.3 Å². The van der Waals surface area contributed by atoms with Crippen molar-refractivity contribution in [3.05, 3.63) is 16.9 Å². The highest BCUT2D eigenvalue weighted by atomic mass is 35.5. The lowest BCUT2D eigenvalue weighted by Gasteiger charge is -2.14. The molecule has 0 aliphatic heterocycles. The third kappa shape index (κ3) is 3.47. The Bertz CT molecular complexity index is 314. The maximum absolute atomic E-state index is 6.15. The quantitative estimate of drug-likeness (QED) is 0.798. The number of hydrogen-bond donors (Lipinski definition) is 1. The number of aromatic nitrogens is 2. The third-order valence-electron chi connectivity index (χ3n) is 2.63. The number of hydrogen-bond acceptors (Lipinski definition) is 3. The van der Waals surface area contributed by atoms with Gasteiger partial charge in [0.15, 0.2) is 0 Å². The molecule has 92 valence electrons. The van der Waals surface area contributed by atoms with Crippen LogP contribution in [0.3, 0.4) is 0 Å². The largest absolute Gasteiger partial charge is 0.383 e. The van der Waals surface area contributed by atoms with Gasteiger partial charge >= 0.3 is 0 Å². The molecule has 5 heteroatoms. The molecule has 1 aromatic heterocycles. The fourth-order valence-electron chi connectivity index (χ4n) is 1.72. The lowest BCUT2D eigenvalue weighted by Crippen LogP contribution is -2.15. The van der Waals surface area contributed by atoms with Crippen LogP contribution in [0.4, 0.5) is 0 Å². The van der Waals surface area contributed by atoms with E-state index < -0.39 is 0 Å². The molecule has 1 unspecified atom stereocenters. The predicted octanol–water partition coefficient (Wildman–Crippen LogP) is 1.90. The van der Waals surface area contributed by atoms with Gasteiger partial charge in [-0.05, 0) is 20.0 Å². The Hall–Kier alpha value is -0.580. The molecule has 0 fully saturated rings. The first-order valence-corrected chi connectivity index (χ1v) is 5.93. The van der Waals surface area contributed by atoms with E-state index in [0.29, 0.717) is 12.5 Å². The van der Waals surface area contributed by atoms with E-state index in [1.807, 2.05) is 11.7 Å². The van der Waals surface area contributed by atoms with Gasteiger partial charge in [-0.15, -0.1) is 0 Å². The van der Waals surface area contributed by atoms with E-state index in [0.717, 1.165) is 30.2 Å². The first-order chi connectivity index (χ1) is 7.70. The first-order valence-electron chi connectivity index (χ1n) is 5.55. The highest BCUT2D eigenvalue weighted by molar-refractivity contribution is 6.31. The summed E-state index contributed by atoms with van der Waals surface area (Å²) in [6, 6.07) is 0. The second-order valence-corrected chi connectivity index (χ2v) is 4.29. The molecule has 1 heterocycles. The third-order valence-corrected chi connectivity index (χ3v) is 2.93. The highest BCUT2D eigenvalue weighted by Crippen LogP contribution is 2.26. The zero-order chi connectivity index (χ0) is 12.0. The maximum Gasteiger partial charge on any atom is 0.0820 e. The second-order valence-electron chi connectivity index (χ2n) is 3.89. The summed E-state index contributed by atoms with van der Waals surface area (Å²) >= 11 is 6.15. The number of methoxy groups -OCH3 is 1. The lowest BCUT2D eigenvalue weighted by atomic mass is 10.0. The van der Waals surface area contributed by atoms with Crippen molar-refractivity contribution >= 4 is 11.6 Å². The molecule has 0 amide bonds. The zero-order valence-electron chi connectivity index (χ0n) is 10.2. The van der Waals surface area contributed by atoms with Gasteiger partial charge in [0.05, 0.1) is 30.1 Å². The molecule has 16 heavy (non-hydrogen) atoms. The average molecular weight is 246 g/mol. The van der Waals surface area contributed by atoms with Gasteiger partial charge in [-0.25, -0.2) is 0 Å². The van der Waals surface area contributed by atoms with Crippen LogP contribution in [-0.2, 0) is 11.3 Å². The molecule has 1 aromatic rings. The summed E-state index contributed by atoms with van der Waals surface area (Å²) in [5.74, 6) is 0.402. The molecule has 0 bridgehead atoms. The minimum Gasteiger partial charge on any atom is -0.383 e. The first kappa shape index (κ1) is 13.5. The van der Waals surface area contributed by atoms with Crippen molar-refractivity contribution in [2.45, 2.75) is 25.8 Å². The smallest absolute Gasteiger partial charge is 0.0820 e. The predicted molar refractivity (Wildman–Crippen MR) is 66.1 cm³/mol. The Morgan fingerprint density at radius 1 is 1.62 bits per heavy atom. The summed E-state index contributed by atoms with van der Waals surface area (Å²) in [7, 11) is 3.64. The Morgan fingerprint density at radius 2 is 2.38 bits per heavy atom. The van der Waals surface area contributed by atoms with Crippen molar-refractivity contribution in [2.24, 2.45) is 0 Å². The van der Waals surface area contributed by atoms with Gasteiger partial charge < -0.3 is 10.1 Å². The SMILES string of the molecule is CNCCC(C)c1c(Cl)cnn1CCOC. The molecule has 0 spiro atoms. The number of nitrogens with zero attached hydrogens (tertiary/aromatic N) is 2. The van der Waals surface area contributed by atoms with Crippen molar-refractivity contribution in [1.29, 1.82) is 0 Å². The van der Waals surface area contributed by atoms with Crippen LogP contribution in [0, 0.1) is 0 Å². The Morgan fingerprint density at radius 3 is 3.00 bits per heavy atom. The number of rotatable bonds is 7. The van der Waals surface area contributed by atoms with Crippen LogP contribution in [0.15, 0.2) is 6.20 Å². The summed E-state index contributed by atoms with van der Waals surface area (Å²) in [5, 5.41) is 8.16. The molecule has 1 N–H and O–H groups in total. The fourth-order valence-corrected chi connectivity index (χ4v) is 2.04. The molecule has 1 rings (SSSR count). The van der Waals surface area contributed by atoms with Crippen molar-refractivity contribution in [2.75, 3.05) is 27.3 Å². The van der Waals surface area contributed by atoms with E-state index in [2.05, 4.69) is 17.3 Å². The summed E-state index contributed by atoms with van der Waals surface area (Å²) in [6.07, 6.45) is 2.76. The fraction of sp³-hybridized carbons (Fsp3) is 0.727. The van der Waals surface area contributed by atoms with Crippen LogP contribution in [0.5, 0.6) is 0 Å². The maximum atomic E-state index is 6.15. The molecular weight excluding hydrogens is 226 g/mol. The normalized spacial score (nSPS) is 13.0. The number of halogens is 1. The van der Waals surface area contributed by atoms with Crippen molar-refractivity contribution < 1.29 is 4.74 Å². The molecule has 0 aliphatic rings. The summed E-state index contributed by atoms with van der Waals surface area (Å²) in [5.41, 5.74) is 1.11. The molecular formula is C11H20ClN3O. The Balaban J connectivity index is 2.71. The van der Waals surface area contributed by atoms with E-state index >= 15 is 0 Å². The second kappa shape index (κ2) is 6.89. The van der Waals surface area contributed by atoms with Crippen molar-refractivity contribution in [3.8, 4) is 0 Å². The summed E-state index contributed by atoms with van der Waals surface area (Å²) in [6.45, 7) is 4.56. The lowest BCUT2D eigenvalue weighted by molar-refractivity contribution is 0.182. The van der Waals surface area contributed by atoms with E-state index in [1.165, 1.54) is 0 Å². The topological polar surface area (TPSA) is 39.1 Å². The van der Waals surface area contributed by atoms with Gasteiger partial charge in [0, 0.05) is 13.0 Å². The molecule has 0 aliphatic carbocycles. The van der Waals surface area contributed by atoms with Gasteiger partial charge in [-0.3, -0.25) is 4.68 Å². The highest BCUT2D eigenvalue weighted by Gasteiger charge is 2.15. The van der Waals surface area contributed by atoms with Crippen LogP contribution < -0.4 is 5.32 Å². The van der Waals surface area contributed by atoms with Crippen LogP contribution in [-0.4, -0.2) is 37.1 Å².